The van der Waals surface area contributed by atoms with Gasteiger partial charge in [-0.15, -0.1) is 11.3 Å². The van der Waals surface area contributed by atoms with Gasteiger partial charge in [0.2, 0.25) is 0 Å². The lowest BCUT2D eigenvalue weighted by Gasteiger charge is -2.16. The Balaban J connectivity index is 2.27. The zero-order valence-electron chi connectivity index (χ0n) is 10.2. The van der Waals surface area contributed by atoms with Crippen molar-refractivity contribution in [3.8, 4) is 0 Å². The van der Waals surface area contributed by atoms with Crippen LogP contribution in [0.25, 0.3) is 0 Å². The lowest BCUT2D eigenvalue weighted by molar-refractivity contribution is 0.453. The van der Waals surface area contributed by atoms with E-state index in [2.05, 4.69) is 37.0 Å². The Morgan fingerprint density at radius 3 is 2.58 bits per heavy atom. The molecule has 2 aromatic rings. The van der Waals surface area contributed by atoms with Gasteiger partial charge in [0.25, 0.3) is 10.0 Å². The minimum Gasteiger partial charge on any atom is -0.270 e. The molecule has 0 radical (unpaired) electrons. The van der Waals surface area contributed by atoms with Crippen LogP contribution < -0.4 is 0 Å². The highest BCUT2D eigenvalue weighted by Crippen LogP contribution is 2.29. The quantitative estimate of drug-likeness (QED) is 0.752. The highest BCUT2D eigenvalue weighted by Gasteiger charge is 2.24. The highest BCUT2D eigenvalue weighted by molar-refractivity contribution is 9.11. The third kappa shape index (κ3) is 3.10. The fourth-order valence-corrected chi connectivity index (χ4v) is 5.33. The first-order valence-electron chi connectivity index (χ1n) is 5.20. The molecule has 0 saturated heterocycles. The Labute approximate surface area is 132 Å². The Morgan fingerprint density at radius 1 is 1.42 bits per heavy atom. The SMILES string of the molecule is CN(Cc1c(Br)cnn1C)S(=O)(=O)c1ccc(Br)s1. The number of aryl methyl sites for hydroxylation is 1. The second-order valence-corrected chi connectivity index (χ2v) is 9.47. The van der Waals surface area contributed by atoms with Gasteiger partial charge in [0, 0.05) is 14.1 Å². The van der Waals surface area contributed by atoms with E-state index in [1.807, 2.05) is 0 Å². The van der Waals surface area contributed by atoms with Gasteiger partial charge < -0.3 is 0 Å². The molecule has 0 N–H and O–H groups in total. The second kappa shape index (κ2) is 5.65. The summed E-state index contributed by atoms with van der Waals surface area (Å²) in [6, 6.07) is 3.32. The summed E-state index contributed by atoms with van der Waals surface area (Å²) in [5.41, 5.74) is 0.807. The first-order valence-corrected chi connectivity index (χ1v) is 9.04. The fraction of sp³-hybridized carbons (Fsp3) is 0.300. The molecule has 0 amide bonds. The van der Waals surface area contributed by atoms with E-state index in [0.717, 1.165) is 14.0 Å². The van der Waals surface area contributed by atoms with E-state index >= 15 is 0 Å². The molecule has 9 heteroatoms. The molecule has 0 bridgehead atoms. The second-order valence-electron chi connectivity index (χ2n) is 3.88. The Kier molecular flexibility index (Phi) is 4.51. The molecule has 0 aromatic carbocycles. The van der Waals surface area contributed by atoms with E-state index < -0.39 is 10.0 Å². The molecule has 0 unspecified atom stereocenters. The van der Waals surface area contributed by atoms with Crippen LogP contribution in [0.4, 0.5) is 0 Å². The van der Waals surface area contributed by atoms with Crippen LogP contribution in [0, 0.1) is 0 Å². The molecule has 0 fully saturated rings. The molecule has 0 atom stereocenters. The van der Waals surface area contributed by atoms with Crippen LogP contribution in [0.3, 0.4) is 0 Å². The Bertz CT molecular complexity index is 674. The lowest BCUT2D eigenvalue weighted by atomic mass is 10.4. The van der Waals surface area contributed by atoms with Crippen molar-refractivity contribution in [3.05, 3.63) is 32.3 Å². The summed E-state index contributed by atoms with van der Waals surface area (Å²) in [4.78, 5) is 0. The van der Waals surface area contributed by atoms with Gasteiger partial charge in [-0.1, -0.05) is 0 Å². The molecule has 0 saturated carbocycles. The molecule has 0 aliphatic carbocycles. The first kappa shape index (κ1) is 15.2. The van der Waals surface area contributed by atoms with Gasteiger partial charge in [0.15, 0.2) is 0 Å². The largest absolute Gasteiger partial charge is 0.270 e. The number of hydrogen-bond acceptors (Lipinski definition) is 4. The number of nitrogens with zero attached hydrogens (tertiary/aromatic N) is 3. The standard InChI is InChI=1S/C10H11Br2N3O2S2/c1-14(6-8-7(11)5-13-15(8)2)19(16,17)10-4-3-9(12)18-10/h3-5H,6H2,1-2H3. The van der Waals surface area contributed by atoms with Gasteiger partial charge in [-0.25, -0.2) is 8.42 Å². The van der Waals surface area contributed by atoms with Gasteiger partial charge in [-0.3, -0.25) is 4.68 Å². The van der Waals surface area contributed by atoms with E-state index in [1.165, 1.54) is 15.6 Å². The summed E-state index contributed by atoms with van der Waals surface area (Å²) in [6.45, 7) is 0.259. The van der Waals surface area contributed by atoms with Crippen LogP contribution in [-0.4, -0.2) is 29.6 Å². The van der Waals surface area contributed by atoms with Crippen molar-refractivity contribution in [2.75, 3.05) is 7.05 Å². The molecule has 19 heavy (non-hydrogen) atoms. The van der Waals surface area contributed by atoms with Crippen molar-refractivity contribution in [3.63, 3.8) is 0 Å². The van der Waals surface area contributed by atoms with Crippen LogP contribution >= 0.6 is 43.2 Å². The maximum atomic E-state index is 12.4. The molecule has 0 aliphatic heterocycles. The lowest BCUT2D eigenvalue weighted by Crippen LogP contribution is -2.27. The number of hydrogen-bond donors (Lipinski definition) is 0. The summed E-state index contributed by atoms with van der Waals surface area (Å²) in [7, 11) is -0.130. The van der Waals surface area contributed by atoms with Gasteiger partial charge in [0.05, 0.1) is 26.7 Å². The summed E-state index contributed by atoms with van der Waals surface area (Å²) >= 11 is 7.83. The molecule has 2 rings (SSSR count). The number of aromatic nitrogens is 2. The van der Waals surface area contributed by atoms with Crippen molar-refractivity contribution < 1.29 is 8.42 Å². The molecule has 104 valence electrons. The summed E-state index contributed by atoms with van der Waals surface area (Å²) in [5, 5.41) is 4.07. The van der Waals surface area contributed by atoms with Crippen molar-refractivity contribution in [1.82, 2.24) is 14.1 Å². The topological polar surface area (TPSA) is 55.2 Å². The molecular formula is C10H11Br2N3O2S2. The number of rotatable bonds is 4. The van der Waals surface area contributed by atoms with Crippen molar-refractivity contribution in [2.45, 2.75) is 10.8 Å². The molecule has 2 heterocycles. The highest BCUT2D eigenvalue weighted by atomic mass is 79.9. The third-order valence-corrected chi connectivity index (χ3v) is 7.15. The van der Waals surface area contributed by atoms with Crippen LogP contribution in [-0.2, 0) is 23.6 Å². The Morgan fingerprint density at radius 2 is 2.11 bits per heavy atom. The third-order valence-electron chi connectivity index (χ3n) is 2.60. The zero-order chi connectivity index (χ0) is 14.2. The number of thiophene rings is 1. The predicted octanol–water partition coefficient (Wildman–Crippen LogP) is 2.83. The van der Waals surface area contributed by atoms with Crippen molar-refractivity contribution in [1.29, 1.82) is 0 Å². The van der Waals surface area contributed by atoms with E-state index in [1.54, 1.807) is 37.1 Å². The summed E-state index contributed by atoms with van der Waals surface area (Å²) in [6.07, 6.45) is 1.65. The summed E-state index contributed by atoms with van der Waals surface area (Å²) in [5.74, 6) is 0. The van der Waals surface area contributed by atoms with E-state index in [-0.39, 0.29) is 6.54 Å². The molecule has 2 aromatic heterocycles. The van der Waals surface area contributed by atoms with Gasteiger partial charge in [-0.05, 0) is 44.0 Å². The molecule has 5 nitrogen and oxygen atoms in total. The first-order chi connectivity index (χ1) is 8.82. The van der Waals surface area contributed by atoms with Crippen LogP contribution in [0.1, 0.15) is 5.69 Å². The van der Waals surface area contributed by atoms with E-state index in [9.17, 15) is 8.42 Å². The zero-order valence-corrected chi connectivity index (χ0v) is 15.0. The molecule has 0 aliphatic rings. The average molecular weight is 429 g/mol. The monoisotopic (exact) mass is 427 g/mol. The summed E-state index contributed by atoms with van der Waals surface area (Å²) < 4.78 is 29.6. The predicted molar refractivity (Wildman–Crippen MR) is 81.6 cm³/mol. The van der Waals surface area contributed by atoms with Crippen LogP contribution in [0.2, 0.25) is 0 Å². The number of sulfonamides is 1. The van der Waals surface area contributed by atoms with Crippen molar-refractivity contribution in [2.24, 2.45) is 7.05 Å². The molecule has 0 spiro atoms. The van der Waals surface area contributed by atoms with E-state index in [4.69, 9.17) is 0 Å². The maximum Gasteiger partial charge on any atom is 0.252 e. The van der Waals surface area contributed by atoms with Crippen LogP contribution in [0.15, 0.2) is 30.8 Å². The normalized spacial score (nSPS) is 12.3. The van der Waals surface area contributed by atoms with E-state index in [0.29, 0.717) is 4.21 Å². The smallest absolute Gasteiger partial charge is 0.252 e. The fourth-order valence-electron chi connectivity index (χ4n) is 1.50. The Hall–Kier alpha value is -0.220. The van der Waals surface area contributed by atoms with Crippen molar-refractivity contribution >= 4 is 53.2 Å². The minimum absolute atomic E-state index is 0.259. The van der Waals surface area contributed by atoms with Crippen LogP contribution in [0.5, 0.6) is 0 Å². The molecular weight excluding hydrogens is 418 g/mol. The minimum atomic E-state index is -3.47. The van der Waals surface area contributed by atoms with Gasteiger partial charge in [-0.2, -0.15) is 9.40 Å². The van der Waals surface area contributed by atoms with Gasteiger partial charge >= 0.3 is 0 Å². The number of halogens is 2. The maximum absolute atomic E-state index is 12.4. The van der Waals surface area contributed by atoms with Gasteiger partial charge in [0.1, 0.15) is 4.21 Å². The average Bonchev–Trinajstić information content (AvgIpc) is 2.90.